The summed E-state index contributed by atoms with van der Waals surface area (Å²) in [4.78, 5) is 15.4. The van der Waals surface area contributed by atoms with Gasteiger partial charge in [0, 0.05) is 23.4 Å². The zero-order chi connectivity index (χ0) is 19.1. The van der Waals surface area contributed by atoms with Crippen LogP contribution < -0.4 is 15.1 Å². The van der Waals surface area contributed by atoms with Gasteiger partial charge in [0.05, 0.1) is 26.8 Å². The van der Waals surface area contributed by atoms with Gasteiger partial charge >= 0.3 is 0 Å². The fraction of sp³-hybridized carbons (Fsp3) is 0.667. The van der Waals surface area contributed by atoms with Crippen LogP contribution in [0.25, 0.3) is 0 Å². The number of amides is 1. The number of benzene rings is 1. The van der Waals surface area contributed by atoms with Crippen LogP contribution in [-0.2, 0) is 16.1 Å². The van der Waals surface area contributed by atoms with Gasteiger partial charge in [0.2, 0.25) is 0 Å². The Morgan fingerprint density at radius 1 is 1.19 bits per heavy atom. The lowest BCUT2D eigenvalue weighted by atomic mass is 9.79. The molecule has 2 fully saturated rings. The molecule has 1 aromatic rings. The molecule has 1 heterocycles. The summed E-state index contributed by atoms with van der Waals surface area (Å²) in [5, 5.41) is 4.02. The van der Waals surface area contributed by atoms with E-state index in [1.165, 1.54) is 42.6 Å². The van der Waals surface area contributed by atoms with E-state index >= 15 is 0 Å². The normalized spacial score (nSPS) is 21.6. The van der Waals surface area contributed by atoms with Crippen molar-refractivity contribution in [3.8, 4) is 0 Å². The highest BCUT2D eigenvalue weighted by molar-refractivity contribution is 6.30. The van der Waals surface area contributed by atoms with Gasteiger partial charge in [-0.25, -0.2) is 0 Å². The second-order valence-corrected chi connectivity index (χ2v) is 8.71. The molecule has 0 bridgehead atoms. The van der Waals surface area contributed by atoms with Crippen LogP contribution >= 0.6 is 11.6 Å². The number of hydrogen-bond acceptors (Lipinski definition) is 2. The molecule has 0 spiro atoms. The Morgan fingerprint density at radius 2 is 1.85 bits per heavy atom. The summed E-state index contributed by atoms with van der Waals surface area (Å²) in [6.07, 6.45) is 6.32. The molecule has 2 aliphatic rings. The number of morpholine rings is 1. The first-order valence-corrected chi connectivity index (χ1v) is 10.7. The lowest BCUT2D eigenvalue weighted by molar-refractivity contribution is -0.960. The van der Waals surface area contributed by atoms with E-state index in [4.69, 9.17) is 16.3 Å². The number of hydrogen-bond donors (Lipinski definition) is 3. The Bertz CT molecular complexity index is 596. The SMILES string of the molecule is C[NH+](CC(=O)NCC1([NH+]2CCOCC2)CCCCC1)Cc1ccc(Cl)cc1. The van der Waals surface area contributed by atoms with Gasteiger partial charge < -0.3 is 19.9 Å². The molecule has 1 saturated heterocycles. The molecule has 0 radical (unpaired) electrons. The first kappa shape index (κ1) is 20.6. The molecule has 0 aromatic heterocycles. The van der Waals surface area contributed by atoms with Crippen molar-refractivity contribution in [2.45, 2.75) is 44.2 Å². The highest BCUT2D eigenvalue weighted by atomic mass is 35.5. The predicted molar refractivity (Wildman–Crippen MR) is 107 cm³/mol. The van der Waals surface area contributed by atoms with Crippen LogP contribution in [0.15, 0.2) is 24.3 Å². The molecule has 1 aromatic carbocycles. The highest BCUT2D eigenvalue weighted by Gasteiger charge is 2.42. The lowest BCUT2D eigenvalue weighted by Crippen LogP contribution is -3.23. The Hall–Kier alpha value is -1.14. The maximum Gasteiger partial charge on any atom is 0.275 e. The Morgan fingerprint density at radius 3 is 2.52 bits per heavy atom. The van der Waals surface area contributed by atoms with Crippen molar-refractivity contribution in [3.63, 3.8) is 0 Å². The van der Waals surface area contributed by atoms with E-state index in [0.29, 0.717) is 6.54 Å². The number of ether oxygens (including phenoxy) is 1. The highest BCUT2D eigenvalue weighted by Crippen LogP contribution is 2.25. The van der Waals surface area contributed by atoms with Crippen LogP contribution in [0, 0.1) is 0 Å². The van der Waals surface area contributed by atoms with E-state index in [2.05, 4.69) is 12.4 Å². The molecule has 1 saturated carbocycles. The van der Waals surface area contributed by atoms with Crippen LogP contribution in [0.4, 0.5) is 0 Å². The van der Waals surface area contributed by atoms with Crippen molar-refractivity contribution in [2.24, 2.45) is 0 Å². The summed E-state index contributed by atoms with van der Waals surface area (Å²) in [5.41, 5.74) is 1.41. The molecule has 3 N–H and O–H groups in total. The quantitative estimate of drug-likeness (QED) is 0.612. The number of halogens is 1. The summed E-state index contributed by atoms with van der Waals surface area (Å²) in [7, 11) is 2.07. The van der Waals surface area contributed by atoms with Gasteiger partial charge in [-0.2, -0.15) is 0 Å². The molecule has 1 unspecified atom stereocenters. The summed E-state index contributed by atoms with van der Waals surface area (Å²) in [6, 6.07) is 7.87. The van der Waals surface area contributed by atoms with Crippen molar-refractivity contribution in [1.29, 1.82) is 0 Å². The summed E-state index contributed by atoms with van der Waals surface area (Å²) in [5.74, 6) is 0.152. The van der Waals surface area contributed by atoms with E-state index in [1.54, 1.807) is 4.90 Å². The Balaban J connectivity index is 1.50. The molecule has 5 nitrogen and oxygen atoms in total. The summed E-state index contributed by atoms with van der Waals surface area (Å²) in [6.45, 7) is 5.95. The van der Waals surface area contributed by atoms with E-state index in [1.807, 2.05) is 24.3 Å². The number of quaternary nitrogens is 2. The van der Waals surface area contributed by atoms with Crippen molar-refractivity contribution in [1.82, 2.24) is 5.32 Å². The Labute approximate surface area is 168 Å². The molecule has 1 amide bonds. The van der Waals surface area contributed by atoms with Crippen LogP contribution in [0.3, 0.4) is 0 Å². The number of likely N-dealkylation sites (N-methyl/N-ethyl adjacent to an activating group) is 1. The molecular formula is C21H34ClN3O2+2. The van der Waals surface area contributed by atoms with Crippen molar-refractivity contribution in [3.05, 3.63) is 34.9 Å². The fourth-order valence-electron chi connectivity index (χ4n) is 4.65. The molecule has 1 aliphatic heterocycles. The van der Waals surface area contributed by atoms with E-state index < -0.39 is 0 Å². The minimum Gasteiger partial charge on any atom is -0.370 e. The van der Waals surface area contributed by atoms with Crippen LogP contribution in [0.1, 0.15) is 37.7 Å². The second-order valence-electron chi connectivity index (χ2n) is 8.27. The van der Waals surface area contributed by atoms with Crippen LogP contribution in [0.2, 0.25) is 5.02 Å². The molecule has 1 atom stereocenters. The maximum absolute atomic E-state index is 12.6. The van der Waals surface area contributed by atoms with Gasteiger partial charge in [-0.05, 0) is 25.0 Å². The van der Waals surface area contributed by atoms with E-state index in [9.17, 15) is 4.79 Å². The smallest absolute Gasteiger partial charge is 0.275 e. The molecule has 1 aliphatic carbocycles. The second kappa shape index (κ2) is 9.87. The summed E-state index contributed by atoms with van der Waals surface area (Å²) >= 11 is 5.94. The predicted octanol–water partition coefficient (Wildman–Crippen LogP) is 0.0889. The first-order chi connectivity index (χ1) is 13.1. The van der Waals surface area contributed by atoms with Gasteiger partial charge in [-0.15, -0.1) is 0 Å². The average Bonchev–Trinajstić information content (AvgIpc) is 2.69. The minimum absolute atomic E-state index is 0.152. The molecule has 6 heteroatoms. The van der Waals surface area contributed by atoms with E-state index in [0.717, 1.165) is 44.4 Å². The molecule has 3 rings (SSSR count). The topological polar surface area (TPSA) is 47.2 Å². The van der Waals surface area contributed by atoms with Gasteiger partial charge in [0.25, 0.3) is 5.91 Å². The number of nitrogens with one attached hydrogen (secondary N) is 3. The van der Waals surface area contributed by atoms with Gasteiger partial charge in [-0.3, -0.25) is 4.79 Å². The van der Waals surface area contributed by atoms with Crippen molar-refractivity contribution in [2.75, 3.05) is 46.4 Å². The van der Waals surface area contributed by atoms with Crippen LogP contribution in [-0.4, -0.2) is 57.9 Å². The van der Waals surface area contributed by atoms with Gasteiger partial charge in [0.15, 0.2) is 6.54 Å². The van der Waals surface area contributed by atoms with Crippen molar-refractivity contribution < 1.29 is 19.3 Å². The molecule has 27 heavy (non-hydrogen) atoms. The van der Waals surface area contributed by atoms with Crippen LogP contribution in [0.5, 0.6) is 0 Å². The lowest BCUT2D eigenvalue weighted by Gasteiger charge is -2.45. The third-order valence-corrected chi connectivity index (χ3v) is 6.41. The zero-order valence-electron chi connectivity index (χ0n) is 16.5. The fourth-order valence-corrected chi connectivity index (χ4v) is 4.78. The number of rotatable bonds is 7. The minimum atomic E-state index is 0.152. The maximum atomic E-state index is 12.6. The molecule has 150 valence electrons. The van der Waals surface area contributed by atoms with E-state index in [-0.39, 0.29) is 11.4 Å². The number of carbonyl (C=O) groups is 1. The van der Waals surface area contributed by atoms with Gasteiger partial charge in [-0.1, -0.05) is 30.2 Å². The average molecular weight is 396 g/mol. The monoisotopic (exact) mass is 395 g/mol. The largest absolute Gasteiger partial charge is 0.370 e. The third kappa shape index (κ3) is 5.92. The third-order valence-electron chi connectivity index (χ3n) is 6.16. The zero-order valence-corrected chi connectivity index (χ0v) is 17.2. The molecular weight excluding hydrogens is 362 g/mol. The summed E-state index contributed by atoms with van der Waals surface area (Å²) < 4.78 is 5.56. The van der Waals surface area contributed by atoms with Crippen molar-refractivity contribution >= 4 is 17.5 Å². The standard InChI is InChI=1S/C21H32ClN3O2/c1-24(15-18-5-7-19(22)8-6-18)16-20(26)23-17-21(9-3-2-4-10-21)25-11-13-27-14-12-25/h5-8H,2-4,9-17H2,1H3,(H,23,26)/p+2. The first-order valence-electron chi connectivity index (χ1n) is 10.3. The van der Waals surface area contributed by atoms with Gasteiger partial charge in [0.1, 0.15) is 25.2 Å². The Kier molecular flexibility index (Phi) is 7.53. The number of carbonyl (C=O) groups excluding carboxylic acids is 1.